The molecule has 0 fully saturated rings. The minimum atomic E-state index is -0.539. The predicted octanol–water partition coefficient (Wildman–Crippen LogP) is 4.84. The first kappa shape index (κ1) is 30.3. The van der Waals surface area contributed by atoms with Crippen molar-refractivity contribution < 1.29 is 23.9 Å². The molecular formula is C30H34N4O5. The van der Waals surface area contributed by atoms with Gasteiger partial charge >= 0.3 is 11.9 Å². The van der Waals surface area contributed by atoms with Crippen LogP contribution in [-0.4, -0.2) is 37.0 Å². The number of esters is 2. The summed E-state index contributed by atoms with van der Waals surface area (Å²) in [5.74, 6) is -1.11. The number of amides is 1. The van der Waals surface area contributed by atoms with E-state index < -0.39 is 11.9 Å². The lowest BCUT2D eigenvalue weighted by Crippen LogP contribution is -2.37. The van der Waals surface area contributed by atoms with Crippen LogP contribution in [0.5, 0.6) is 5.75 Å². The lowest BCUT2D eigenvalue weighted by Gasteiger charge is -2.22. The zero-order valence-corrected chi connectivity index (χ0v) is 22.6. The number of nitrogens with zero attached hydrogens (tertiary/aromatic N) is 2. The summed E-state index contributed by atoms with van der Waals surface area (Å²) in [4.78, 5) is 43.1. The minimum absolute atomic E-state index is 0.0670. The van der Waals surface area contributed by atoms with Crippen molar-refractivity contribution in [2.75, 3.05) is 18.1 Å². The third-order valence-electron chi connectivity index (χ3n) is 5.08. The number of ether oxygens (including phenoxy) is 2. The quantitative estimate of drug-likeness (QED) is 0.133. The van der Waals surface area contributed by atoms with Gasteiger partial charge in [0.15, 0.2) is 5.96 Å². The van der Waals surface area contributed by atoms with Crippen LogP contribution in [0.3, 0.4) is 0 Å². The van der Waals surface area contributed by atoms with Gasteiger partial charge in [-0.2, -0.15) is 0 Å². The molecule has 0 saturated carbocycles. The monoisotopic (exact) mass is 530 g/mol. The number of aliphatic imine (C=N–C) groups is 1. The number of para-hydroxylation sites is 1. The molecule has 3 aromatic rings. The van der Waals surface area contributed by atoms with Crippen molar-refractivity contribution in [2.45, 2.75) is 27.7 Å². The lowest BCUT2D eigenvalue weighted by atomic mass is 10.1. The first-order chi connectivity index (χ1) is 18.8. The van der Waals surface area contributed by atoms with Crippen LogP contribution in [0.25, 0.3) is 6.08 Å². The Morgan fingerprint density at radius 1 is 0.897 bits per heavy atom. The van der Waals surface area contributed by atoms with Crippen molar-refractivity contribution in [3.63, 3.8) is 0 Å². The van der Waals surface area contributed by atoms with Crippen LogP contribution in [0.1, 0.15) is 43.6 Å². The van der Waals surface area contributed by atoms with E-state index in [-0.39, 0.29) is 25.0 Å². The molecule has 3 rings (SSSR count). The van der Waals surface area contributed by atoms with E-state index in [9.17, 15) is 14.4 Å². The van der Waals surface area contributed by atoms with Gasteiger partial charge in [-0.1, -0.05) is 44.2 Å². The summed E-state index contributed by atoms with van der Waals surface area (Å²) < 4.78 is 10.4. The molecule has 9 heteroatoms. The fraction of sp³-hybridized carbons (Fsp3) is 0.200. The maximum Gasteiger partial charge on any atom is 0.343 e. The normalized spacial score (nSPS) is 10.4. The van der Waals surface area contributed by atoms with Gasteiger partial charge in [0.1, 0.15) is 12.3 Å². The first-order valence-electron chi connectivity index (χ1n) is 12.5. The highest BCUT2D eigenvalue weighted by Gasteiger charge is 2.21. The molecule has 0 unspecified atom stereocenters. The largest absolute Gasteiger partial charge is 0.465 e. The third kappa shape index (κ3) is 9.47. The molecule has 204 valence electrons. The van der Waals surface area contributed by atoms with Crippen LogP contribution < -0.4 is 21.1 Å². The van der Waals surface area contributed by atoms with Crippen molar-refractivity contribution in [3.8, 4) is 5.75 Å². The summed E-state index contributed by atoms with van der Waals surface area (Å²) in [6.07, 6.45) is 1.68. The molecule has 0 aromatic heterocycles. The maximum atomic E-state index is 13.2. The van der Waals surface area contributed by atoms with Crippen molar-refractivity contribution in [1.82, 2.24) is 0 Å². The van der Waals surface area contributed by atoms with Crippen LogP contribution in [0.2, 0.25) is 0 Å². The Morgan fingerprint density at radius 2 is 1.51 bits per heavy atom. The van der Waals surface area contributed by atoms with E-state index in [4.69, 9.17) is 20.9 Å². The Labute approximate surface area is 228 Å². The van der Waals surface area contributed by atoms with E-state index in [1.54, 1.807) is 92.7 Å². The van der Waals surface area contributed by atoms with E-state index in [2.05, 4.69) is 4.99 Å². The second kappa shape index (κ2) is 15.4. The Hall–Kier alpha value is -4.92. The smallest absolute Gasteiger partial charge is 0.343 e. The predicted molar refractivity (Wildman–Crippen MR) is 154 cm³/mol. The Bertz CT molecular complexity index is 1300. The molecule has 0 saturated heterocycles. The molecular weight excluding hydrogens is 496 g/mol. The first-order valence-corrected chi connectivity index (χ1v) is 12.5. The van der Waals surface area contributed by atoms with Gasteiger partial charge in [-0.3, -0.25) is 14.5 Å². The fourth-order valence-electron chi connectivity index (χ4n) is 3.37. The summed E-state index contributed by atoms with van der Waals surface area (Å²) in [6, 6.07) is 21.9. The van der Waals surface area contributed by atoms with Gasteiger partial charge in [-0.05, 0) is 74.0 Å². The number of benzene rings is 3. The molecule has 39 heavy (non-hydrogen) atoms. The highest BCUT2D eigenvalue weighted by atomic mass is 16.5. The van der Waals surface area contributed by atoms with Crippen LogP contribution >= 0.6 is 0 Å². The van der Waals surface area contributed by atoms with E-state index in [1.165, 1.54) is 4.90 Å². The number of hydrogen-bond donors (Lipinski definition) is 2. The standard InChI is InChI=1S/C28H28N4O5.C2H6/c1-3-36-25(33)18-32(23-7-5-4-6-8-23)26(34)19(2)17-20-9-11-21(12-10-20)27(35)37-24-15-13-22(14-16-24)31-28(29)30;1-2/h4-17H,3,18H2,1-2H3,(H4,29,30,31);1-2H3/b19-17+;. The van der Waals surface area contributed by atoms with Crippen molar-refractivity contribution in [1.29, 1.82) is 0 Å². The number of nitrogens with two attached hydrogens (primary N) is 2. The maximum absolute atomic E-state index is 13.2. The Kier molecular flexibility index (Phi) is 11.9. The summed E-state index contributed by atoms with van der Waals surface area (Å²) >= 11 is 0. The number of carbonyl (C=O) groups is 3. The van der Waals surface area contributed by atoms with Gasteiger partial charge in [-0.15, -0.1) is 0 Å². The molecule has 0 atom stereocenters. The molecule has 1 amide bonds. The molecule has 0 bridgehead atoms. The minimum Gasteiger partial charge on any atom is -0.465 e. The van der Waals surface area contributed by atoms with E-state index in [0.29, 0.717) is 33.8 Å². The second-order valence-corrected chi connectivity index (χ2v) is 7.90. The highest BCUT2D eigenvalue weighted by Crippen LogP contribution is 2.20. The van der Waals surface area contributed by atoms with Crippen molar-refractivity contribution in [2.24, 2.45) is 16.5 Å². The molecule has 0 heterocycles. The van der Waals surface area contributed by atoms with Gasteiger partial charge in [0.2, 0.25) is 0 Å². The molecule has 0 spiro atoms. The Balaban J connectivity index is 0.00000260. The van der Waals surface area contributed by atoms with Gasteiger partial charge in [0, 0.05) is 11.3 Å². The number of rotatable bonds is 9. The zero-order valence-electron chi connectivity index (χ0n) is 22.6. The zero-order chi connectivity index (χ0) is 28.8. The van der Waals surface area contributed by atoms with Gasteiger partial charge in [-0.25, -0.2) is 9.79 Å². The van der Waals surface area contributed by atoms with E-state index >= 15 is 0 Å². The van der Waals surface area contributed by atoms with Gasteiger partial charge in [0.05, 0.1) is 17.9 Å². The average Bonchev–Trinajstić information content (AvgIpc) is 2.94. The summed E-state index contributed by atoms with van der Waals surface area (Å²) in [5.41, 5.74) is 13.3. The molecule has 3 aromatic carbocycles. The molecule has 4 N–H and O–H groups in total. The number of carbonyl (C=O) groups excluding carboxylic acids is 3. The van der Waals surface area contributed by atoms with Crippen LogP contribution in [0.15, 0.2) is 89.4 Å². The van der Waals surface area contributed by atoms with Crippen LogP contribution in [0, 0.1) is 0 Å². The van der Waals surface area contributed by atoms with Crippen molar-refractivity contribution in [3.05, 3.63) is 95.6 Å². The van der Waals surface area contributed by atoms with Crippen molar-refractivity contribution >= 4 is 41.3 Å². The summed E-state index contributed by atoms with van der Waals surface area (Å²) in [7, 11) is 0. The molecule has 0 aliphatic rings. The second-order valence-electron chi connectivity index (χ2n) is 7.90. The third-order valence-corrected chi connectivity index (χ3v) is 5.08. The fourth-order valence-corrected chi connectivity index (χ4v) is 3.37. The summed E-state index contributed by atoms with van der Waals surface area (Å²) in [6.45, 7) is 7.39. The lowest BCUT2D eigenvalue weighted by molar-refractivity contribution is -0.142. The Morgan fingerprint density at radius 3 is 2.08 bits per heavy atom. The summed E-state index contributed by atoms with van der Waals surface area (Å²) in [5, 5.41) is 0. The SMILES string of the molecule is CC.CCOC(=O)CN(C(=O)/C(C)=C/c1ccc(C(=O)Oc2ccc(N=C(N)N)cc2)cc1)c1ccccc1. The molecule has 0 aliphatic carbocycles. The number of guanidine groups is 1. The van der Waals surface area contributed by atoms with E-state index in [0.717, 1.165) is 0 Å². The number of hydrogen-bond acceptors (Lipinski definition) is 6. The van der Waals surface area contributed by atoms with Gasteiger partial charge < -0.3 is 20.9 Å². The van der Waals surface area contributed by atoms with E-state index in [1.807, 2.05) is 19.9 Å². The number of anilines is 1. The van der Waals surface area contributed by atoms with Gasteiger partial charge in [0.25, 0.3) is 5.91 Å². The van der Waals surface area contributed by atoms with Crippen LogP contribution in [-0.2, 0) is 14.3 Å². The van der Waals surface area contributed by atoms with Crippen LogP contribution in [0.4, 0.5) is 11.4 Å². The highest BCUT2D eigenvalue weighted by molar-refractivity contribution is 6.10. The average molecular weight is 531 g/mol. The molecule has 0 aliphatic heterocycles. The molecule has 9 nitrogen and oxygen atoms in total. The molecule has 0 radical (unpaired) electrons. The topological polar surface area (TPSA) is 137 Å².